The molecule has 0 bridgehead atoms. The van der Waals surface area contributed by atoms with Crippen molar-refractivity contribution in [2.45, 2.75) is 24.5 Å². The van der Waals surface area contributed by atoms with Gasteiger partial charge in [0.25, 0.3) is 15.6 Å². The van der Waals surface area contributed by atoms with Crippen LogP contribution >= 0.6 is 11.3 Å². The Morgan fingerprint density at radius 1 is 1.25 bits per heavy atom. The van der Waals surface area contributed by atoms with Crippen molar-refractivity contribution in [2.24, 2.45) is 0 Å². The molecule has 0 unspecified atom stereocenters. The van der Waals surface area contributed by atoms with Crippen molar-refractivity contribution in [1.29, 1.82) is 0 Å². The molecule has 2 aromatic rings. The molecule has 0 spiro atoms. The van der Waals surface area contributed by atoms with E-state index in [2.05, 4.69) is 10.3 Å². The third-order valence-electron chi connectivity index (χ3n) is 4.21. The van der Waals surface area contributed by atoms with Crippen LogP contribution in [0.1, 0.15) is 18.2 Å². The fourth-order valence-electron chi connectivity index (χ4n) is 2.80. The van der Waals surface area contributed by atoms with Crippen molar-refractivity contribution >= 4 is 21.4 Å². The number of thiophene rings is 1. The number of hydrogen-bond acceptors (Lipinski definition) is 5. The number of aromatic amines is 1. The van der Waals surface area contributed by atoms with Crippen molar-refractivity contribution < 1.29 is 8.42 Å². The zero-order valence-electron chi connectivity index (χ0n) is 13.8. The molecule has 0 aliphatic carbocycles. The molecule has 1 aliphatic heterocycles. The fourth-order valence-corrected chi connectivity index (χ4v) is 5.78. The first-order valence-electron chi connectivity index (χ1n) is 7.97. The molecule has 1 saturated heterocycles. The first-order valence-corrected chi connectivity index (χ1v) is 10.2. The summed E-state index contributed by atoms with van der Waals surface area (Å²) in [4.78, 5) is 15.6. The first kappa shape index (κ1) is 17.3. The van der Waals surface area contributed by atoms with E-state index < -0.39 is 10.0 Å². The van der Waals surface area contributed by atoms with Crippen LogP contribution in [-0.4, -0.2) is 43.9 Å². The maximum Gasteiger partial charge on any atom is 0.252 e. The number of rotatable bonds is 4. The van der Waals surface area contributed by atoms with Crippen LogP contribution < -0.4 is 10.9 Å². The van der Waals surface area contributed by atoms with Crippen LogP contribution in [0.5, 0.6) is 0 Å². The van der Waals surface area contributed by atoms with E-state index in [4.69, 9.17) is 0 Å². The quantitative estimate of drug-likeness (QED) is 0.859. The summed E-state index contributed by atoms with van der Waals surface area (Å²) < 4.78 is 27.4. The number of hydrogen-bond donors (Lipinski definition) is 2. The van der Waals surface area contributed by atoms with E-state index >= 15 is 0 Å². The topological polar surface area (TPSA) is 82.3 Å². The van der Waals surface area contributed by atoms with E-state index in [0.717, 1.165) is 16.1 Å². The second kappa shape index (κ2) is 6.79. The molecule has 0 aromatic carbocycles. The van der Waals surface area contributed by atoms with E-state index in [1.165, 1.54) is 15.6 Å². The minimum atomic E-state index is -3.45. The van der Waals surface area contributed by atoms with Gasteiger partial charge in [-0.2, -0.15) is 4.31 Å². The molecule has 3 rings (SSSR count). The summed E-state index contributed by atoms with van der Waals surface area (Å²) in [5.74, 6) is 0. The number of piperazine rings is 1. The van der Waals surface area contributed by atoms with Gasteiger partial charge in [-0.05, 0) is 31.5 Å². The number of nitrogens with one attached hydrogen (secondary N) is 2. The molecule has 6 nitrogen and oxygen atoms in total. The summed E-state index contributed by atoms with van der Waals surface area (Å²) in [6, 6.07) is 5.34. The molecule has 0 radical (unpaired) electrons. The van der Waals surface area contributed by atoms with Gasteiger partial charge >= 0.3 is 0 Å². The van der Waals surface area contributed by atoms with Crippen molar-refractivity contribution in [1.82, 2.24) is 14.6 Å². The second-order valence-electron chi connectivity index (χ2n) is 5.79. The Morgan fingerprint density at radius 2 is 1.96 bits per heavy atom. The third-order valence-corrected chi connectivity index (χ3v) is 7.70. The minimum Gasteiger partial charge on any atom is -0.326 e. The van der Waals surface area contributed by atoms with E-state index in [1.54, 1.807) is 6.07 Å². The van der Waals surface area contributed by atoms with Crippen LogP contribution in [0.3, 0.4) is 0 Å². The Hall–Kier alpha value is -1.48. The monoisotopic (exact) mass is 367 g/mol. The number of sulfonamides is 1. The zero-order valence-corrected chi connectivity index (χ0v) is 15.4. The highest BCUT2D eigenvalue weighted by Crippen LogP contribution is 2.33. The second-order valence-corrected chi connectivity index (χ2v) is 9.04. The minimum absolute atomic E-state index is 0.0797. The van der Waals surface area contributed by atoms with Gasteiger partial charge in [0.1, 0.15) is 4.21 Å². The standard InChI is InChI=1S/C16H21N3O3S2/c1-3-12-10-13(11(2)18-16(12)20)14-4-5-15(23-14)24(21,22)19-8-6-17-7-9-19/h4-5,10,17H,3,6-9H2,1-2H3,(H,18,20). The van der Waals surface area contributed by atoms with Gasteiger partial charge in [0.15, 0.2) is 0 Å². The Balaban J connectivity index is 1.98. The van der Waals surface area contributed by atoms with Crippen LogP contribution in [0.25, 0.3) is 10.4 Å². The molecule has 8 heteroatoms. The lowest BCUT2D eigenvalue weighted by Gasteiger charge is -2.25. The van der Waals surface area contributed by atoms with Crippen LogP contribution in [0, 0.1) is 6.92 Å². The van der Waals surface area contributed by atoms with Gasteiger partial charge in [0, 0.05) is 47.9 Å². The Bertz CT molecular complexity index is 894. The van der Waals surface area contributed by atoms with Crippen LogP contribution in [0.2, 0.25) is 0 Å². The molecule has 24 heavy (non-hydrogen) atoms. The average Bonchev–Trinajstić information content (AvgIpc) is 3.06. The fraction of sp³-hybridized carbons (Fsp3) is 0.438. The van der Waals surface area contributed by atoms with Crippen LogP contribution in [0.15, 0.2) is 27.2 Å². The van der Waals surface area contributed by atoms with Gasteiger partial charge in [-0.3, -0.25) is 4.79 Å². The van der Waals surface area contributed by atoms with Gasteiger partial charge < -0.3 is 10.3 Å². The number of nitrogens with zero attached hydrogens (tertiary/aromatic N) is 1. The Kier molecular flexibility index (Phi) is 4.91. The molecule has 0 saturated carbocycles. The third kappa shape index (κ3) is 3.19. The van der Waals surface area contributed by atoms with Crippen molar-refractivity contribution in [2.75, 3.05) is 26.2 Å². The summed E-state index contributed by atoms with van der Waals surface area (Å²) in [7, 11) is -3.45. The molecule has 3 heterocycles. The molecule has 2 N–H and O–H groups in total. The molecule has 0 amide bonds. The Morgan fingerprint density at radius 3 is 2.62 bits per heavy atom. The lowest BCUT2D eigenvalue weighted by molar-refractivity contribution is 0.361. The van der Waals surface area contributed by atoms with Crippen LogP contribution in [-0.2, 0) is 16.4 Å². The van der Waals surface area contributed by atoms with E-state index in [9.17, 15) is 13.2 Å². The van der Waals surface area contributed by atoms with Crippen molar-refractivity contribution in [3.63, 3.8) is 0 Å². The molecule has 1 aliphatic rings. The highest BCUT2D eigenvalue weighted by Gasteiger charge is 2.27. The largest absolute Gasteiger partial charge is 0.326 e. The molecule has 130 valence electrons. The number of H-pyrrole nitrogens is 1. The number of aryl methyl sites for hydroxylation is 2. The molecular weight excluding hydrogens is 346 g/mol. The van der Waals surface area contributed by atoms with Crippen LogP contribution in [0.4, 0.5) is 0 Å². The highest BCUT2D eigenvalue weighted by molar-refractivity contribution is 7.91. The van der Waals surface area contributed by atoms with Crippen molar-refractivity contribution in [3.05, 3.63) is 39.8 Å². The molecular formula is C16H21N3O3S2. The number of pyridine rings is 1. The first-order chi connectivity index (χ1) is 11.4. The summed E-state index contributed by atoms with van der Waals surface area (Å²) in [5.41, 5.74) is 2.27. The van der Waals surface area contributed by atoms with Gasteiger partial charge in [-0.1, -0.05) is 6.92 Å². The predicted octanol–water partition coefficient (Wildman–Crippen LogP) is 1.57. The SMILES string of the molecule is CCc1cc(-c2ccc(S(=O)(=O)N3CCNCC3)s2)c(C)[nH]c1=O. The smallest absolute Gasteiger partial charge is 0.252 e. The Labute approximate surface area is 145 Å². The summed E-state index contributed by atoms with van der Waals surface area (Å²) in [6.07, 6.45) is 0.639. The van der Waals surface area contributed by atoms with Gasteiger partial charge in [0.2, 0.25) is 0 Å². The van der Waals surface area contributed by atoms with E-state index in [-0.39, 0.29) is 5.56 Å². The van der Waals surface area contributed by atoms with Crippen molar-refractivity contribution in [3.8, 4) is 10.4 Å². The predicted molar refractivity (Wildman–Crippen MR) is 96.1 cm³/mol. The lowest BCUT2D eigenvalue weighted by atomic mass is 10.1. The summed E-state index contributed by atoms with van der Waals surface area (Å²) in [5, 5.41) is 3.16. The number of aromatic nitrogens is 1. The zero-order chi connectivity index (χ0) is 17.3. The van der Waals surface area contributed by atoms with E-state index in [1.807, 2.05) is 26.0 Å². The molecule has 1 fully saturated rings. The van der Waals surface area contributed by atoms with E-state index in [0.29, 0.717) is 42.4 Å². The summed E-state index contributed by atoms with van der Waals surface area (Å²) in [6.45, 7) is 6.10. The summed E-state index contributed by atoms with van der Waals surface area (Å²) >= 11 is 1.25. The average molecular weight is 367 g/mol. The lowest BCUT2D eigenvalue weighted by Crippen LogP contribution is -2.46. The molecule has 0 atom stereocenters. The molecule has 2 aromatic heterocycles. The maximum atomic E-state index is 12.7. The van der Waals surface area contributed by atoms with Gasteiger partial charge in [-0.15, -0.1) is 11.3 Å². The normalized spacial score (nSPS) is 16.4. The maximum absolute atomic E-state index is 12.7. The van der Waals surface area contributed by atoms with Gasteiger partial charge in [-0.25, -0.2) is 8.42 Å². The highest BCUT2D eigenvalue weighted by atomic mass is 32.2. The van der Waals surface area contributed by atoms with Gasteiger partial charge in [0.05, 0.1) is 0 Å².